The lowest BCUT2D eigenvalue weighted by Gasteiger charge is -2.25. The van der Waals surface area contributed by atoms with Gasteiger partial charge in [-0.05, 0) is 24.9 Å². The number of amides is 1. The summed E-state index contributed by atoms with van der Waals surface area (Å²) in [6.07, 6.45) is 4.56. The SMILES string of the molecule is C=CCN(CC=C)C(=O)CN1CCC(C)(CN)C1.Cl. The van der Waals surface area contributed by atoms with Crippen LogP contribution in [0.3, 0.4) is 0 Å². The molecule has 0 radical (unpaired) electrons. The number of halogens is 1. The predicted molar refractivity (Wildman–Crippen MR) is 82.4 cm³/mol. The molecule has 1 fully saturated rings. The molecule has 1 atom stereocenters. The minimum absolute atomic E-state index is 0. The van der Waals surface area contributed by atoms with Crippen LogP contribution in [0.4, 0.5) is 0 Å². The molecule has 0 saturated carbocycles. The number of likely N-dealkylation sites (tertiary alicyclic amines) is 1. The van der Waals surface area contributed by atoms with Gasteiger partial charge in [0.25, 0.3) is 0 Å². The van der Waals surface area contributed by atoms with Crippen LogP contribution >= 0.6 is 12.4 Å². The van der Waals surface area contributed by atoms with Gasteiger partial charge < -0.3 is 10.6 Å². The molecule has 4 nitrogen and oxygen atoms in total. The Bertz CT molecular complexity index is 312. The summed E-state index contributed by atoms with van der Waals surface area (Å²) in [5, 5.41) is 0. The molecule has 2 N–H and O–H groups in total. The van der Waals surface area contributed by atoms with E-state index in [0.29, 0.717) is 26.2 Å². The molecule has 1 aliphatic heterocycles. The molecule has 1 amide bonds. The molecule has 1 rings (SSSR count). The van der Waals surface area contributed by atoms with Gasteiger partial charge in [0.1, 0.15) is 0 Å². The average molecular weight is 288 g/mol. The van der Waals surface area contributed by atoms with Crippen molar-refractivity contribution in [3.05, 3.63) is 25.3 Å². The minimum atomic E-state index is 0. The largest absolute Gasteiger partial charge is 0.334 e. The average Bonchev–Trinajstić information content (AvgIpc) is 2.71. The van der Waals surface area contributed by atoms with E-state index < -0.39 is 0 Å². The van der Waals surface area contributed by atoms with Crippen molar-refractivity contribution < 1.29 is 4.79 Å². The highest BCUT2D eigenvalue weighted by atomic mass is 35.5. The Morgan fingerprint density at radius 1 is 1.42 bits per heavy atom. The lowest BCUT2D eigenvalue weighted by Crippen LogP contribution is -2.41. The standard InChI is InChI=1S/C14H25N3O.ClH/c1-4-7-17(8-5-2)13(18)10-16-9-6-14(3,11-15)12-16;/h4-5H,1-2,6-12,15H2,3H3;1H. The molecule has 0 aromatic heterocycles. The Labute approximate surface area is 122 Å². The van der Waals surface area contributed by atoms with Crippen LogP contribution in [0.1, 0.15) is 13.3 Å². The molecule has 1 aliphatic rings. The first-order valence-corrected chi connectivity index (χ1v) is 6.46. The third-order valence-electron chi connectivity index (χ3n) is 3.54. The van der Waals surface area contributed by atoms with Crippen LogP contribution in [-0.4, -0.2) is 55.0 Å². The maximum absolute atomic E-state index is 12.1. The van der Waals surface area contributed by atoms with Gasteiger partial charge in [0.15, 0.2) is 0 Å². The van der Waals surface area contributed by atoms with Gasteiger partial charge in [-0.2, -0.15) is 0 Å². The Hall–Kier alpha value is -0.840. The number of rotatable bonds is 7. The molecule has 0 bridgehead atoms. The second-order valence-electron chi connectivity index (χ2n) is 5.35. The summed E-state index contributed by atoms with van der Waals surface area (Å²) in [5.41, 5.74) is 5.94. The van der Waals surface area contributed by atoms with Crippen molar-refractivity contribution in [2.45, 2.75) is 13.3 Å². The summed E-state index contributed by atoms with van der Waals surface area (Å²) in [6.45, 7) is 13.7. The van der Waals surface area contributed by atoms with E-state index in [-0.39, 0.29) is 23.7 Å². The van der Waals surface area contributed by atoms with Gasteiger partial charge >= 0.3 is 0 Å². The first-order chi connectivity index (χ1) is 8.54. The molecular formula is C14H26ClN3O. The minimum Gasteiger partial charge on any atom is -0.334 e. The number of nitrogens with two attached hydrogens (primary N) is 1. The number of carbonyl (C=O) groups is 1. The highest BCUT2D eigenvalue weighted by Gasteiger charge is 2.33. The van der Waals surface area contributed by atoms with E-state index in [4.69, 9.17) is 5.73 Å². The van der Waals surface area contributed by atoms with Crippen molar-refractivity contribution in [3.8, 4) is 0 Å². The van der Waals surface area contributed by atoms with Crippen LogP contribution in [0, 0.1) is 5.41 Å². The monoisotopic (exact) mass is 287 g/mol. The molecule has 1 unspecified atom stereocenters. The van der Waals surface area contributed by atoms with Gasteiger partial charge in [-0.25, -0.2) is 0 Å². The summed E-state index contributed by atoms with van der Waals surface area (Å²) in [5.74, 6) is 0.135. The highest BCUT2D eigenvalue weighted by Crippen LogP contribution is 2.28. The third kappa shape index (κ3) is 5.35. The number of carbonyl (C=O) groups excluding carboxylic acids is 1. The van der Waals surface area contributed by atoms with Gasteiger partial charge in [0.2, 0.25) is 5.91 Å². The van der Waals surface area contributed by atoms with Crippen molar-refractivity contribution in [1.29, 1.82) is 0 Å². The summed E-state index contributed by atoms with van der Waals surface area (Å²) < 4.78 is 0. The van der Waals surface area contributed by atoms with Crippen LogP contribution in [-0.2, 0) is 4.79 Å². The maximum Gasteiger partial charge on any atom is 0.237 e. The second-order valence-corrected chi connectivity index (χ2v) is 5.35. The molecule has 0 aliphatic carbocycles. The summed E-state index contributed by atoms with van der Waals surface area (Å²) >= 11 is 0. The van der Waals surface area contributed by atoms with Crippen LogP contribution < -0.4 is 5.73 Å². The molecular weight excluding hydrogens is 262 g/mol. The van der Waals surface area contributed by atoms with Crippen molar-refractivity contribution in [1.82, 2.24) is 9.80 Å². The van der Waals surface area contributed by atoms with Gasteiger partial charge in [-0.3, -0.25) is 9.69 Å². The fourth-order valence-corrected chi connectivity index (χ4v) is 2.31. The smallest absolute Gasteiger partial charge is 0.237 e. The highest BCUT2D eigenvalue weighted by molar-refractivity contribution is 5.85. The molecule has 5 heteroatoms. The lowest BCUT2D eigenvalue weighted by molar-refractivity contribution is -0.131. The van der Waals surface area contributed by atoms with Crippen LogP contribution in [0.2, 0.25) is 0 Å². The molecule has 0 spiro atoms. The van der Waals surface area contributed by atoms with E-state index in [1.807, 2.05) is 0 Å². The summed E-state index contributed by atoms with van der Waals surface area (Å²) in [7, 11) is 0. The normalized spacial score (nSPS) is 22.6. The lowest BCUT2D eigenvalue weighted by atomic mass is 9.90. The second kappa shape index (κ2) is 8.35. The zero-order valence-electron chi connectivity index (χ0n) is 11.8. The Morgan fingerprint density at radius 3 is 2.42 bits per heavy atom. The van der Waals surface area contributed by atoms with Crippen LogP contribution in [0.5, 0.6) is 0 Å². The van der Waals surface area contributed by atoms with E-state index in [2.05, 4.69) is 25.0 Å². The molecule has 1 heterocycles. The molecule has 0 aromatic rings. The quantitative estimate of drug-likeness (QED) is 0.718. The molecule has 110 valence electrons. The fourth-order valence-electron chi connectivity index (χ4n) is 2.31. The zero-order valence-corrected chi connectivity index (χ0v) is 12.6. The van der Waals surface area contributed by atoms with Crippen molar-refractivity contribution in [2.24, 2.45) is 11.1 Å². The first-order valence-electron chi connectivity index (χ1n) is 6.46. The van der Waals surface area contributed by atoms with Gasteiger partial charge in [-0.1, -0.05) is 19.1 Å². The first kappa shape index (κ1) is 18.2. The summed E-state index contributed by atoms with van der Waals surface area (Å²) in [4.78, 5) is 16.1. The number of hydrogen-bond acceptors (Lipinski definition) is 3. The van der Waals surface area contributed by atoms with E-state index in [0.717, 1.165) is 19.5 Å². The Kier molecular flexibility index (Phi) is 7.99. The Balaban J connectivity index is 0.00000324. The van der Waals surface area contributed by atoms with Crippen molar-refractivity contribution in [3.63, 3.8) is 0 Å². The zero-order chi connectivity index (χ0) is 13.6. The molecule has 19 heavy (non-hydrogen) atoms. The van der Waals surface area contributed by atoms with E-state index >= 15 is 0 Å². The third-order valence-corrected chi connectivity index (χ3v) is 3.54. The van der Waals surface area contributed by atoms with Gasteiger partial charge in [-0.15, -0.1) is 25.6 Å². The topological polar surface area (TPSA) is 49.6 Å². The van der Waals surface area contributed by atoms with Gasteiger partial charge in [0.05, 0.1) is 6.54 Å². The van der Waals surface area contributed by atoms with Gasteiger partial charge in [0, 0.05) is 19.6 Å². The number of hydrogen-bond donors (Lipinski definition) is 1. The molecule has 0 aromatic carbocycles. The van der Waals surface area contributed by atoms with Crippen molar-refractivity contribution in [2.75, 3.05) is 39.3 Å². The van der Waals surface area contributed by atoms with Crippen molar-refractivity contribution >= 4 is 18.3 Å². The predicted octanol–water partition coefficient (Wildman–Crippen LogP) is 1.28. The van der Waals surface area contributed by atoms with E-state index in [9.17, 15) is 4.79 Å². The number of nitrogens with zero attached hydrogens (tertiary/aromatic N) is 2. The fraction of sp³-hybridized carbons (Fsp3) is 0.643. The molecule has 1 saturated heterocycles. The van der Waals surface area contributed by atoms with E-state index in [1.54, 1.807) is 17.1 Å². The van der Waals surface area contributed by atoms with Crippen LogP contribution in [0.15, 0.2) is 25.3 Å². The van der Waals surface area contributed by atoms with Crippen LogP contribution in [0.25, 0.3) is 0 Å². The Morgan fingerprint density at radius 2 is 2.00 bits per heavy atom. The van der Waals surface area contributed by atoms with E-state index in [1.165, 1.54) is 0 Å². The maximum atomic E-state index is 12.1. The summed E-state index contributed by atoms with van der Waals surface area (Å²) in [6, 6.07) is 0.